The van der Waals surface area contributed by atoms with E-state index in [0.29, 0.717) is 13.1 Å². The maximum absolute atomic E-state index is 12.6. The minimum atomic E-state index is -3.94. The van der Waals surface area contributed by atoms with Crippen LogP contribution in [0, 0.1) is 16.0 Å². The summed E-state index contributed by atoms with van der Waals surface area (Å²) in [6.07, 6.45) is 1.70. The average Bonchev–Trinajstić information content (AvgIpc) is 2.38. The lowest BCUT2D eigenvalue weighted by molar-refractivity contribution is -0.387. The van der Waals surface area contributed by atoms with Crippen molar-refractivity contribution < 1.29 is 13.3 Å². The maximum atomic E-state index is 12.6. The molecule has 1 atom stereocenters. The third kappa shape index (κ3) is 2.79. The number of sulfonamides is 1. The summed E-state index contributed by atoms with van der Waals surface area (Å²) in [5.74, 6) is 0.236. The van der Waals surface area contributed by atoms with Crippen LogP contribution in [0.4, 0.5) is 5.69 Å². The van der Waals surface area contributed by atoms with Gasteiger partial charge in [0, 0.05) is 19.2 Å². The molecule has 1 aromatic rings. The van der Waals surface area contributed by atoms with Crippen molar-refractivity contribution in [1.29, 1.82) is 0 Å². The van der Waals surface area contributed by atoms with E-state index in [9.17, 15) is 18.5 Å². The fourth-order valence-electron chi connectivity index (χ4n) is 2.39. The fourth-order valence-corrected chi connectivity index (χ4v) is 4.65. The standard InChI is InChI=1S/C12H15ClN2O4S/c1-9-4-3-7-14(8-9)20(18,19)12-10(13)5-2-6-11(12)15(16)17/h2,5-6,9H,3-4,7-8H2,1H3. The highest BCUT2D eigenvalue weighted by Gasteiger charge is 2.35. The van der Waals surface area contributed by atoms with Crippen molar-refractivity contribution in [1.82, 2.24) is 4.31 Å². The van der Waals surface area contributed by atoms with Gasteiger partial charge in [0.25, 0.3) is 15.7 Å². The van der Waals surface area contributed by atoms with Gasteiger partial charge >= 0.3 is 0 Å². The molecule has 1 aliphatic heterocycles. The van der Waals surface area contributed by atoms with Gasteiger partial charge in [0.05, 0.1) is 9.95 Å². The average molecular weight is 319 g/mol. The van der Waals surface area contributed by atoms with E-state index in [-0.39, 0.29) is 10.9 Å². The van der Waals surface area contributed by atoms with Gasteiger partial charge in [-0.05, 0) is 24.8 Å². The smallest absolute Gasteiger partial charge is 0.258 e. The van der Waals surface area contributed by atoms with Crippen molar-refractivity contribution >= 4 is 27.3 Å². The first-order valence-electron chi connectivity index (χ1n) is 6.27. The molecule has 110 valence electrons. The summed E-state index contributed by atoms with van der Waals surface area (Å²) >= 11 is 5.90. The Kier molecular flexibility index (Phi) is 4.31. The third-order valence-electron chi connectivity index (χ3n) is 3.36. The Labute approximate surface area is 122 Å². The summed E-state index contributed by atoms with van der Waals surface area (Å²) in [6, 6.07) is 3.89. The number of halogens is 1. The molecule has 1 fully saturated rings. The highest BCUT2D eigenvalue weighted by molar-refractivity contribution is 7.89. The van der Waals surface area contributed by atoms with E-state index in [1.54, 1.807) is 0 Å². The van der Waals surface area contributed by atoms with Crippen molar-refractivity contribution in [2.45, 2.75) is 24.7 Å². The summed E-state index contributed by atoms with van der Waals surface area (Å²) < 4.78 is 26.5. The fraction of sp³-hybridized carbons (Fsp3) is 0.500. The quantitative estimate of drug-likeness (QED) is 0.634. The number of benzene rings is 1. The molecule has 0 saturated carbocycles. The van der Waals surface area contributed by atoms with Crippen LogP contribution >= 0.6 is 11.6 Å². The Morgan fingerprint density at radius 2 is 2.15 bits per heavy atom. The van der Waals surface area contributed by atoms with Crippen LogP contribution in [0.25, 0.3) is 0 Å². The molecule has 2 rings (SSSR count). The molecule has 1 saturated heterocycles. The largest absolute Gasteiger partial charge is 0.290 e. The van der Waals surface area contributed by atoms with Gasteiger partial charge in [-0.3, -0.25) is 10.1 Å². The molecule has 0 amide bonds. The Balaban J connectivity index is 2.52. The summed E-state index contributed by atoms with van der Waals surface area (Å²) in [5.41, 5.74) is -0.476. The van der Waals surface area contributed by atoms with Crippen LogP contribution in [-0.4, -0.2) is 30.7 Å². The van der Waals surface area contributed by atoms with Crippen molar-refractivity contribution in [3.8, 4) is 0 Å². The number of nitrogens with zero attached hydrogens (tertiary/aromatic N) is 2. The summed E-state index contributed by atoms with van der Waals surface area (Å²) in [7, 11) is -3.94. The molecule has 0 N–H and O–H groups in total. The third-order valence-corrected chi connectivity index (χ3v) is 5.74. The lowest BCUT2D eigenvalue weighted by Crippen LogP contribution is -2.39. The minimum Gasteiger partial charge on any atom is -0.258 e. The van der Waals surface area contributed by atoms with Gasteiger partial charge in [0.15, 0.2) is 4.90 Å². The van der Waals surface area contributed by atoms with E-state index < -0.39 is 25.5 Å². The first-order chi connectivity index (χ1) is 9.34. The van der Waals surface area contributed by atoms with Gasteiger partial charge < -0.3 is 0 Å². The number of rotatable bonds is 3. The molecule has 1 unspecified atom stereocenters. The first-order valence-corrected chi connectivity index (χ1v) is 8.09. The summed E-state index contributed by atoms with van der Waals surface area (Å²) in [4.78, 5) is 9.91. The topological polar surface area (TPSA) is 80.5 Å². The second-order valence-electron chi connectivity index (χ2n) is 4.96. The number of hydrogen-bond acceptors (Lipinski definition) is 4. The second kappa shape index (κ2) is 5.67. The van der Waals surface area contributed by atoms with E-state index in [4.69, 9.17) is 11.6 Å². The summed E-state index contributed by atoms with van der Waals surface area (Å²) in [5, 5.41) is 10.9. The zero-order valence-corrected chi connectivity index (χ0v) is 12.5. The molecule has 8 heteroatoms. The second-order valence-corrected chi connectivity index (χ2v) is 7.24. The molecular weight excluding hydrogens is 304 g/mol. The van der Waals surface area contributed by atoms with Gasteiger partial charge in [-0.1, -0.05) is 24.6 Å². The molecule has 0 radical (unpaired) electrons. The van der Waals surface area contributed by atoms with Crippen molar-refractivity contribution in [2.24, 2.45) is 5.92 Å². The summed E-state index contributed by atoms with van der Waals surface area (Å²) in [6.45, 7) is 2.70. The Morgan fingerprint density at radius 3 is 2.75 bits per heavy atom. The number of nitro benzene ring substituents is 1. The van der Waals surface area contributed by atoms with E-state index in [1.165, 1.54) is 16.4 Å². The zero-order valence-electron chi connectivity index (χ0n) is 11.0. The lowest BCUT2D eigenvalue weighted by Gasteiger charge is -2.30. The molecule has 0 aliphatic carbocycles. The van der Waals surface area contributed by atoms with E-state index in [0.717, 1.165) is 18.9 Å². The molecule has 0 spiro atoms. The van der Waals surface area contributed by atoms with Gasteiger partial charge in [-0.2, -0.15) is 4.31 Å². The Hall–Kier alpha value is -1.18. The monoisotopic (exact) mass is 318 g/mol. The number of nitro groups is 1. The van der Waals surface area contributed by atoms with Crippen molar-refractivity contribution in [3.05, 3.63) is 33.3 Å². The van der Waals surface area contributed by atoms with E-state index in [2.05, 4.69) is 0 Å². The van der Waals surface area contributed by atoms with Crippen LogP contribution in [0.2, 0.25) is 5.02 Å². The predicted molar refractivity (Wildman–Crippen MR) is 75.3 cm³/mol. The molecule has 1 aliphatic rings. The van der Waals surface area contributed by atoms with Crippen molar-refractivity contribution in [2.75, 3.05) is 13.1 Å². The molecular formula is C12H15ClN2O4S. The lowest BCUT2D eigenvalue weighted by atomic mass is 10.0. The molecule has 6 nitrogen and oxygen atoms in total. The van der Waals surface area contributed by atoms with Gasteiger partial charge in [0.1, 0.15) is 0 Å². The Morgan fingerprint density at radius 1 is 1.45 bits per heavy atom. The maximum Gasteiger partial charge on any atom is 0.290 e. The molecule has 1 heterocycles. The van der Waals surface area contributed by atoms with Gasteiger partial charge in [-0.25, -0.2) is 8.42 Å². The first kappa shape index (κ1) is 15.2. The van der Waals surface area contributed by atoms with Gasteiger partial charge in [-0.15, -0.1) is 0 Å². The zero-order chi connectivity index (χ0) is 14.9. The minimum absolute atomic E-state index is 0.113. The van der Waals surface area contributed by atoms with Crippen LogP contribution in [0.15, 0.2) is 23.1 Å². The SMILES string of the molecule is CC1CCCN(S(=O)(=O)c2c(Cl)cccc2[N+](=O)[O-])C1. The highest BCUT2D eigenvalue weighted by Crippen LogP contribution is 2.34. The van der Waals surface area contributed by atoms with E-state index >= 15 is 0 Å². The van der Waals surface area contributed by atoms with E-state index in [1.807, 2.05) is 6.92 Å². The molecule has 1 aromatic carbocycles. The number of piperidine rings is 1. The van der Waals surface area contributed by atoms with Gasteiger partial charge in [0.2, 0.25) is 0 Å². The van der Waals surface area contributed by atoms with Crippen LogP contribution in [0.1, 0.15) is 19.8 Å². The molecule has 0 aromatic heterocycles. The van der Waals surface area contributed by atoms with Crippen LogP contribution in [-0.2, 0) is 10.0 Å². The normalized spacial score (nSPS) is 20.8. The molecule has 20 heavy (non-hydrogen) atoms. The number of hydrogen-bond donors (Lipinski definition) is 0. The van der Waals surface area contributed by atoms with Crippen LogP contribution in [0.3, 0.4) is 0 Å². The predicted octanol–water partition coefficient (Wildman–Crippen LogP) is 2.67. The van der Waals surface area contributed by atoms with Crippen LogP contribution < -0.4 is 0 Å². The highest BCUT2D eigenvalue weighted by atomic mass is 35.5. The van der Waals surface area contributed by atoms with Crippen molar-refractivity contribution in [3.63, 3.8) is 0 Å². The van der Waals surface area contributed by atoms with Crippen LogP contribution in [0.5, 0.6) is 0 Å². The Bertz CT molecular complexity index is 632. The molecule has 0 bridgehead atoms.